The second-order valence-electron chi connectivity index (χ2n) is 6.92. The lowest BCUT2D eigenvalue weighted by molar-refractivity contribution is -0.116. The third-order valence-corrected chi connectivity index (χ3v) is 8.24. The summed E-state index contributed by atoms with van der Waals surface area (Å²) in [5, 5.41) is 4.43. The molecule has 0 unspecified atom stereocenters. The van der Waals surface area contributed by atoms with Crippen molar-refractivity contribution in [1.82, 2.24) is 0 Å². The zero-order valence-electron chi connectivity index (χ0n) is 16.1. The van der Waals surface area contributed by atoms with Gasteiger partial charge in [0, 0.05) is 22.6 Å². The van der Waals surface area contributed by atoms with Gasteiger partial charge in [0.25, 0.3) is 0 Å². The normalized spacial score (nSPS) is 16.2. The molecular formula is C22H21NO4S2. The number of carbonyl (C=O) groups excluding carboxylic acids is 1. The molecule has 7 heteroatoms. The summed E-state index contributed by atoms with van der Waals surface area (Å²) in [4.78, 5) is 13.6. The molecule has 0 aliphatic carbocycles. The summed E-state index contributed by atoms with van der Waals surface area (Å²) in [6.45, 7) is 2.09. The molecule has 150 valence electrons. The number of methoxy groups -OCH3 is 1. The molecular weight excluding hydrogens is 406 g/mol. The van der Waals surface area contributed by atoms with Gasteiger partial charge >= 0.3 is 0 Å². The molecule has 3 aromatic rings. The molecule has 0 fully saturated rings. The molecule has 1 aromatic heterocycles. The van der Waals surface area contributed by atoms with Crippen molar-refractivity contribution in [2.75, 3.05) is 12.4 Å². The summed E-state index contributed by atoms with van der Waals surface area (Å²) in [7, 11) is -2.23. The van der Waals surface area contributed by atoms with Gasteiger partial charge in [-0.15, -0.1) is 11.3 Å². The van der Waals surface area contributed by atoms with Crippen LogP contribution in [0.4, 0.5) is 5.69 Å². The van der Waals surface area contributed by atoms with E-state index in [0.717, 1.165) is 16.9 Å². The lowest BCUT2D eigenvalue weighted by atomic mass is 9.90. The predicted octanol–water partition coefficient (Wildman–Crippen LogP) is 4.63. The van der Waals surface area contributed by atoms with Crippen molar-refractivity contribution >= 4 is 32.8 Å². The molecule has 0 saturated heterocycles. The van der Waals surface area contributed by atoms with Gasteiger partial charge in [0.1, 0.15) is 10.6 Å². The Labute approximate surface area is 174 Å². The van der Waals surface area contributed by atoms with E-state index in [2.05, 4.69) is 24.4 Å². The fraction of sp³-hybridized carbons (Fsp3) is 0.227. The quantitative estimate of drug-likeness (QED) is 0.645. The summed E-state index contributed by atoms with van der Waals surface area (Å²) in [5.74, 6) is 0.265. The summed E-state index contributed by atoms with van der Waals surface area (Å²) in [6, 6.07) is 14.4. The molecule has 1 amide bonds. The maximum absolute atomic E-state index is 13.2. The fourth-order valence-electron chi connectivity index (χ4n) is 3.54. The van der Waals surface area contributed by atoms with Crippen LogP contribution in [-0.4, -0.2) is 21.4 Å². The number of benzene rings is 2. The number of hydrogen-bond donors (Lipinski definition) is 1. The SMILES string of the molecule is CCc1ccc([C@H]2CC(=O)Nc3c(S(=O)(=O)c4ccc(OC)cc4)csc32)cc1. The number of amides is 1. The molecule has 0 radical (unpaired) electrons. The molecule has 5 nitrogen and oxygen atoms in total. The standard InChI is InChI=1S/C22H21NO4S2/c1-3-14-4-6-15(7-5-14)18-12-20(24)23-21-19(13-28-22(18)21)29(25,26)17-10-8-16(27-2)9-11-17/h4-11,13,18H,3,12H2,1-2H3,(H,23,24)/t18-/m1/s1. The summed E-state index contributed by atoms with van der Waals surface area (Å²) >= 11 is 1.38. The van der Waals surface area contributed by atoms with E-state index in [-0.39, 0.29) is 21.6 Å². The second-order valence-corrected chi connectivity index (χ2v) is 9.75. The second kappa shape index (κ2) is 7.65. The Hall–Kier alpha value is -2.64. The number of ether oxygens (including phenoxy) is 1. The molecule has 0 spiro atoms. The van der Waals surface area contributed by atoms with Gasteiger partial charge in [-0.3, -0.25) is 4.79 Å². The fourth-order valence-corrected chi connectivity index (χ4v) is 6.45. The third kappa shape index (κ3) is 3.56. The minimum atomic E-state index is -3.76. The number of carbonyl (C=O) groups is 1. The number of nitrogens with one attached hydrogen (secondary N) is 1. The van der Waals surface area contributed by atoms with Crippen molar-refractivity contribution < 1.29 is 17.9 Å². The minimum absolute atomic E-state index is 0.144. The lowest BCUT2D eigenvalue weighted by Gasteiger charge is -2.24. The first-order valence-corrected chi connectivity index (χ1v) is 11.7. The Bertz CT molecular complexity index is 1150. The van der Waals surface area contributed by atoms with Crippen molar-refractivity contribution in [3.63, 3.8) is 0 Å². The number of sulfone groups is 1. The molecule has 29 heavy (non-hydrogen) atoms. The van der Waals surface area contributed by atoms with Crippen molar-refractivity contribution in [3.05, 3.63) is 69.9 Å². The lowest BCUT2D eigenvalue weighted by Crippen LogP contribution is -2.23. The van der Waals surface area contributed by atoms with Crippen molar-refractivity contribution in [1.29, 1.82) is 0 Å². The van der Waals surface area contributed by atoms with E-state index in [9.17, 15) is 13.2 Å². The molecule has 0 bridgehead atoms. The number of fused-ring (bicyclic) bond motifs is 1. The minimum Gasteiger partial charge on any atom is -0.497 e. The molecule has 0 saturated carbocycles. The van der Waals surface area contributed by atoms with E-state index in [0.29, 0.717) is 17.9 Å². The summed E-state index contributed by atoms with van der Waals surface area (Å²) in [5.41, 5.74) is 2.66. The van der Waals surface area contributed by atoms with Crippen LogP contribution in [0.25, 0.3) is 0 Å². The molecule has 1 N–H and O–H groups in total. The number of aryl methyl sites for hydroxylation is 1. The van der Waals surface area contributed by atoms with E-state index in [1.165, 1.54) is 36.1 Å². The van der Waals surface area contributed by atoms with Crippen molar-refractivity contribution in [2.24, 2.45) is 0 Å². The van der Waals surface area contributed by atoms with E-state index in [1.54, 1.807) is 17.5 Å². The van der Waals surface area contributed by atoms with Gasteiger partial charge in [-0.1, -0.05) is 31.2 Å². The topological polar surface area (TPSA) is 72.5 Å². The van der Waals surface area contributed by atoms with Gasteiger partial charge in [0.15, 0.2) is 0 Å². The highest BCUT2D eigenvalue weighted by molar-refractivity contribution is 7.91. The zero-order chi connectivity index (χ0) is 20.6. The van der Waals surface area contributed by atoms with Crippen LogP contribution in [0.3, 0.4) is 0 Å². The molecule has 2 aromatic carbocycles. The summed E-state index contributed by atoms with van der Waals surface area (Å²) in [6.07, 6.45) is 1.25. The number of hydrogen-bond acceptors (Lipinski definition) is 5. The van der Waals surface area contributed by atoms with Crippen LogP contribution in [0.5, 0.6) is 5.75 Å². The number of thiophene rings is 1. The maximum atomic E-state index is 13.2. The van der Waals surface area contributed by atoms with Crippen LogP contribution in [-0.2, 0) is 21.1 Å². The molecule has 1 atom stereocenters. The number of rotatable bonds is 5. The predicted molar refractivity (Wildman–Crippen MR) is 114 cm³/mol. The van der Waals surface area contributed by atoms with Gasteiger partial charge in [-0.25, -0.2) is 8.42 Å². The third-order valence-electron chi connectivity index (χ3n) is 5.21. The first-order chi connectivity index (χ1) is 13.9. The van der Waals surface area contributed by atoms with Gasteiger partial charge in [-0.05, 0) is 41.8 Å². The monoisotopic (exact) mass is 427 g/mol. The molecule has 1 aliphatic rings. The van der Waals surface area contributed by atoms with Crippen LogP contribution < -0.4 is 10.1 Å². The van der Waals surface area contributed by atoms with E-state index < -0.39 is 9.84 Å². The Morgan fingerprint density at radius 1 is 1.10 bits per heavy atom. The maximum Gasteiger partial charge on any atom is 0.225 e. The Morgan fingerprint density at radius 2 is 1.79 bits per heavy atom. The Balaban J connectivity index is 1.76. The van der Waals surface area contributed by atoms with Crippen LogP contribution in [0.1, 0.15) is 35.3 Å². The highest BCUT2D eigenvalue weighted by Crippen LogP contribution is 2.45. The van der Waals surface area contributed by atoms with Crippen LogP contribution in [0.2, 0.25) is 0 Å². The molecule has 1 aliphatic heterocycles. The smallest absolute Gasteiger partial charge is 0.225 e. The highest BCUT2D eigenvalue weighted by Gasteiger charge is 2.34. The average molecular weight is 428 g/mol. The highest BCUT2D eigenvalue weighted by atomic mass is 32.2. The largest absolute Gasteiger partial charge is 0.497 e. The van der Waals surface area contributed by atoms with Gasteiger partial charge in [0.05, 0.1) is 17.7 Å². The Morgan fingerprint density at radius 3 is 2.41 bits per heavy atom. The first kappa shape index (κ1) is 19.7. The molecule has 4 rings (SSSR count). The van der Waals surface area contributed by atoms with Gasteiger partial charge in [-0.2, -0.15) is 0 Å². The molecule has 2 heterocycles. The van der Waals surface area contributed by atoms with E-state index in [4.69, 9.17) is 4.74 Å². The number of anilines is 1. The first-order valence-electron chi connectivity index (χ1n) is 9.33. The average Bonchev–Trinajstić information content (AvgIpc) is 3.18. The van der Waals surface area contributed by atoms with Crippen molar-refractivity contribution in [3.8, 4) is 5.75 Å². The van der Waals surface area contributed by atoms with E-state index in [1.807, 2.05) is 12.1 Å². The van der Waals surface area contributed by atoms with E-state index >= 15 is 0 Å². The van der Waals surface area contributed by atoms with Gasteiger partial charge < -0.3 is 10.1 Å². The van der Waals surface area contributed by atoms with Crippen LogP contribution in [0.15, 0.2) is 63.7 Å². The van der Waals surface area contributed by atoms with Crippen LogP contribution >= 0.6 is 11.3 Å². The Kier molecular flexibility index (Phi) is 5.19. The van der Waals surface area contributed by atoms with Crippen molar-refractivity contribution in [2.45, 2.75) is 35.5 Å². The van der Waals surface area contributed by atoms with Crippen LogP contribution in [0, 0.1) is 0 Å². The summed E-state index contributed by atoms with van der Waals surface area (Å²) < 4.78 is 31.5. The van der Waals surface area contributed by atoms with Gasteiger partial charge in [0.2, 0.25) is 15.7 Å². The zero-order valence-corrected chi connectivity index (χ0v) is 17.8.